The number of benzene rings is 1. The molecule has 0 amide bonds. The van der Waals surface area contributed by atoms with Gasteiger partial charge in [-0.25, -0.2) is 0 Å². The highest BCUT2D eigenvalue weighted by molar-refractivity contribution is 6.33. The van der Waals surface area contributed by atoms with Crippen LogP contribution in [0.4, 0.5) is 11.4 Å². The van der Waals surface area contributed by atoms with Crippen molar-refractivity contribution in [1.29, 1.82) is 0 Å². The summed E-state index contributed by atoms with van der Waals surface area (Å²) in [6, 6.07) is 4.27. The molecule has 0 bridgehead atoms. The maximum Gasteiger partial charge on any atom is 0.271 e. The number of halogens is 1. The molecule has 0 spiro atoms. The SMILES string of the molecule is CC1(C)OCC(Nc2ccc([N+](=O)[O-])cc2Cl)CO1. The molecule has 1 saturated heterocycles. The third-order valence-electron chi connectivity index (χ3n) is 2.79. The van der Waals surface area contributed by atoms with Crippen LogP contribution < -0.4 is 5.32 Å². The first-order valence-corrected chi connectivity index (χ1v) is 6.23. The van der Waals surface area contributed by atoms with Crippen LogP contribution in [0.15, 0.2) is 18.2 Å². The minimum absolute atomic E-state index is 0.0344. The lowest BCUT2D eigenvalue weighted by Crippen LogP contribution is -2.45. The van der Waals surface area contributed by atoms with E-state index in [-0.39, 0.29) is 11.7 Å². The maximum atomic E-state index is 10.6. The van der Waals surface area contributed by atoms with Gasteiger partial charge in [0.25, 0.3) is 5.69 Å². The van der Waals surface area contributed by atoms with Gasteiger partial charge in [-0.15, -0.1) is 0 Å². The molecular formula is C12H15ClN2O4. The molecule has 1 aliphatic rings. The Labute approximate surface area is 115 Å². The molecule has 1 N–H and O–H groups in total. The van der Waals surface area contributed by atoms with Gasteiger partial charge in [-0.2, -0.15) is 0 Å². The second kappa shape index (κ2) is 5.32. The van der Waals surface area contributed by atoms with Gasteiger partial charge in [-0.1, -0.05) is 11.6 Å². The van der Waals surface area contributed by atoms with Crippen LogP contribution in [0.25, 0.3) is 0 Å². The summed E-state index contributed by atoms with van der Waals surface area (Å²) in [7, 11) is 0. The lowest BCUT2D eigenvalue weighted by Gasteiger charge is -2.35. The van der Waals surface area contributed by atoms with Crippen LogP contribution in [0.5, 0.6) is 0 Å². The monoisotopic (exact) mass is 286 g/mol. The van der Waals surface area contributed by atoms with Crippen LogP contribution in [0.3, 0.4) is 0 Å². The fourth-order valence-electron chi connectivity index (χ4n) is 1.73. The Bertz CT molecular complexity index is 483. The number of ether oxygens (including phenoxy) is 2. The van der Waals surface area contributed by atoms with Gasteiger partial charge in [-0.3, -0.25) is 10.1 Å². The highest BCUT2D eigenvalue weighted by atomic mass is 35.5. The number of anilines is 1. The molecule has 1 aliphatic heterocycles. The van der Waals surface area contributed by atoms with Crippen LogP contribution in [-0.4, -0.2) is 30.0 Å². The lowest BCUT2D eigenvalue weighted by atomic mass is 10.2. The summed E-state index contributed by atoms with van der Waals surface area (Å²) in [6.07, 6.45) is 0. The van der Waals surface area contributed by atoms with Gasteiger partial charge >= 0.3 is 0 Å². The van der Waals surface area contributed by atoms with Crippen LogP contribution >= 0.6 is 11.6 Å². The van der Waals surface area contributed by atoms with E-state index in [0.717, 1.165) is 0 Å². The minimum atomic E-state index is -0.572. The van der Waals surface area contributed by atoms with Crippen molar-refractivity contribution in [2.75, 3.05) is 18.5 Å². The Balaban J connectivity index is 2.02. The highest BCUT2D eigenvalue weighted by Crippen LogP contribution is 2.28. The van der Waals surface area contributed by atoms with Crippen molar-refractivity contribution in [2.45, 2.75) is 25.7 Å². The molecular weight excluding hydrogens is 272 g/mol. The smallest absolute Gasteiger partial charge is 0.271 e. The summed E-state index contributed by atoms with van der Waals surface area (Å²) in [5, 5.41) is 14.1. The summed E-state index contributed by atoms with van der Waals surface area (Å²) in [4.78, 5) is 10.1. The Morgan fingerprint density at radius 1 is 1.42 bits per heavy atom. The molecule has 0 aliphatic carbocycles. The van der Waals surface area contributed by atoms with Gasteiger partial charge in [0, 0.05) is 12.1 Å². The first-order chi connectivity index (χ1) is 8.87. The summed E-state index contributed by atoms with van der Waals surface area (Å²) < 4.78 is 11.0. The van der Waals surface area contributed by atoms with Crippen LogP contribution in [-0.2, 0) is 9.47 Å². The maximum absolute atomic E-state index is 10.6. The predicted octanol–water partition coefficient (Wildman–Crippen LogP) is 2.81. The zero-order chi connectivity index (χ0) is 14.0. The number of nitrogens with zero attached hydrogens (tertiary/aromatic N) is 1. The topological polar surface area (TPSA) is 73.6 Å². The molecule has 1 aromatic carbocycles. The van der Waals surface area contributed by atoms with E-state index in [4.69, 9.17) is 21.1 Å². The molecule has 0 atom stereocenters. The normalized spacial score (nSPS) is 19.1. The molecule has 0 saturated carbocycles. The first-order valence-electron chi connectivity index (χ1n) is 5.86. The zero-order valence-electron chi connectivity index (χ0n) is 10.7. The van der Waals surface area contributed by atoms with Crippen LogP contribution in [0, 0.1) is 10.1 Å². The molecule has 1 aromatic rings. The third-order valence-corrected chi connectivity index (χ3v) is 3.10. The van der Waals surface area contributed by atoms with Gasteiger partial charge in [0.2, 0.25) is 0 Å². The molecule has 0 unspecified atom stereocenters. The van der Waals surface area contributed by atoms with Gasteiger partial charge < -0.3 is 14.8 Å². The molecule has 0 aromatic heterocycles. The Kier molecular flexibility index (Phi) is 3.93. The van der Waals surface area contributed by atoms with Crippen molar-refractivity contribution in [3.63, 3.8) is 0 Å². The number of rotatable bonds is 3. The molecule has 0 radical (unpaired) electrons. The summed E-state index contributed by atoms with van der Waals surface area (Å²) in [5.41, 5.74) is 0.594. The third kappa shape index (κ3) is 3.56. The van der Waals surface area contributed by atoms with Crippen molar-refractivity contribution in [1.82, 2.24) is 0 Å². The molecule has 2 rings (SSSR count). The molecule has 1 fully saturated rings. The molecule has 19 heavy (non-hydrogen) atoms. The molecule has 7 heteroatoms. The van der Waals surface area contributed by atoms with E-state index in [9.17, 15) is 10.1 Å². The van der Waals surface area contributed by atoms with E-state index in [1.165, 1.54) is 12.1 Å². The van der Waals surface area contributed by atoms with Crippen molar-refractivity contribution < 1.29 is 14.4 Å². The molecule has 1 heterocycles. The fourth-order valence-corrected chi connectivity index (χ4v) is 1.96. The van der Waals surface area contributed by atoms with Gasteiger partial charge in [0.05, 0.1) is 34.9 Å². The number of nitro benzene ring substituents is 1. The van der Waals surface area contributed by atoms with Crippen molar-refractivity contribution >= 4 is 23.0 Å². The fraction of sp³-hybridized carbons (Fsp3) is 0.500. The average Bonchev–Trinajstić information content (AvgIpc) is 2.34. The Morgan fingerprint density at radius 3 is 2.58 bits per heavy atom. The number of non-ortho nitro benzene ring substituents is 1. The lowest BCUT2D eigenvalue weighted by molar-refractivity contribution is -0.384. The predicted molar refractivity (Wildman–Crippen MR) is 71.5 cm³/mol. The summed E-state index contributed by atoms with van der Waals surface area (Å²) in [5.74, 6) is -0.572. The molecule has 6 nitrogen and oxygen atoms in total. The van der Waals surface area contributed by atoms with E-state index in [0.29, 0.717) is 23.9 Å². The van der Waals surface area contributed by atoms with E-state index in [2.05, 4.69) is 5.32 Å². The number of hydrogen-bond acceptors (Lipinski definition) is 5. The summed E-state index contributed by atoms with van der Waals surface area (Å²) in [6.45, 7) is 4.67. The van der Waals surface area contributed by atoms with E-state index < -0.39 is 10.7 Å². The van der Waals surface area contributed by atoms with Crippen molar-refractivity contribution in [2.24, 2.45) is 0 Å². The second-order valence-corrected chi connectivity index (χ2v) is 5.19. The van der Waals surface area contributed by atoms with E-state index in [1.54, 1.807) is 6.07 Å². The molecule has 104 valence electrons. The number of nitro groups is 1. The summed E-state index contributed by atoms with van der Waals surface area (Å²) >= 11 is 6.00. The Hall–Kier alpha value is -1.37. The van der Waals surface area contributed by atoms with Crippen molar-refractivity contribution in [3.8, 4) is 0 Å². The number of nitrogens with one attached hydrogen (secondary N) is 1. The van der Waals surface area contributed by atoms with Gasteiger partial charge in [0.1, 0.15) is 0 Å². The zero-order valence-corrected chi connectivity index (χ0v) is 11.4. The van der Waals surface area contributed by atoms with Crippen molar-refractivity contribution in [3.05, 3.63) is 33.3 Å². The van der Waals surface area contributed by atoms with E-state index >= 15 is 0 Å². The highest BCUT2D eigenvalue weighted by Gasteiger charge is 2.28. The van der Waals surface area contributed by atoms with Gasteiger partial charge in [0.15, 0.2) is 5.79 Å². The average molecular weight is 287 g/mol. The quantitative estimate of drug-likeness (QED) is 0.683. The minimum Gasteiger partial charge on any atom is -0.376 e. The largest absolute Gasteiger partial charge is 0.376 e. The second-order valence-electron chi connectivity index (χ2n) is 4.78. The van der Waals surface area contributed by atoms with Crippen LogP contribution in [0.2, 0.25) is 5.02 Å². The van der Waals surface area contributed by atoms with Crippen LogP contribution in [0.1, 0.15) is 13.8 Å². The standard InChI is InChI=1S/C12H15ClN2O4/c1-12(2)18-6-8(7-19-12)14-11-4-3-9(15(16)17)5-10(11)13/h3-5,8,14H,6-7H2,1-2H3. The number of hydrogen-bond donors (Lipinski definition) is 1. The van der Waals surface area contributed by atoms with E-state index in [1.807, 2.05) is 13.8 Å². The first kappa shape index (κ1) is 14.0. The Morgan fingerprint density at radius 2 is 2.05 bits per heavy atom. The van der Waals surface area contributed by atoms with Gasteiger partial charge in [-0.05, 0) is 19.9 Å².